The summed E-state index contributed by atoms with van der Waals surface area (Å²) in [5.74, 6) is 0.828. The number of piperidine rings is 1. The van der Waals surface area contributed by atoms with Gasteiger partial charge in [0.15, 0.2) is 0 Å². The molecule has 3 aliphatic heterocycles. The number of hydrogen-bond donors (Lipinski definition) is 0. The second kappa shape index (κ2) is 8.17. The van der Waals surface area contributed by atoms with Crippen LogP contribution < -0.4 is 0 Å². The van der Waals surface area contributed by atoms with E-state index in [1.54, 1.807) is 0 Å². The van der Waals surface area contributed by atoms with Gasteiger partial charge in [-0.15, -0.1) is 0 Å². The molecule has 4 rings (SSSR count). The smallest absolute Gasteiger partial charge is 0.0840 e. The predicted octanol–water partition coefficient (Wildman–Crippen LogP) is 3.25. The van der Waals surface area contributed by atoms with Crippen molar-refractivity contribution in [3.8, 4) is 0 Å². The van der Waals surface area contributed by atoms with Gasteiger partial charge in [-0.3, -0.25) is 0 Å². The third kappa shape index (κ3) is 4.62. The van der Waals surface area contributed by atoms with Crippen LogP contribution in [-0.4, -0.2) is 56.1 Å². The van der Waals surface area contributed by atoms with E-state index in [0.717, 1.165) is 45.0 Å². The van der Waals surface area contributed by atoms with E-state index in [0.29, 0.717) is 6.61 Å². The molecule has 4 heteroatoms. The van der Waals surface area contributed by atoms with Gasteiger partial charge in [0.1, 0.15) is 0 Å². The fourth-order valence-electron chi connectivity index (χ4n) is 4.48. The fourth-order valence-corrected chi connectivity index (χ4v) is 4.48. The average molecular weight is 345 g/mol. The first-order valence-corrected chi connectivity index (χ1v) is 9.91. The van der Waals surface area contributed by atoms with Crippen LogP contribution in [0.25, 0.3) is 0 Å². The van der Waals surface area contributed by atoms with Crippen LogP contribution in [0, 0.1) is 5.92 Å². The highest BCUT2D eigenvalue weighted by Gasteiger charge is 2.43. The van der Waals surface area contributed by atoms with Crippen LogP contribution in [0.4, 0.5) is 0 Å². The summed E-state index contributed by atoms with van der Waals surface area (Å²) >= 11 is 0. The van der Waals surface area contributed by atoms with E-state index < -0.39 is 0 Å². The summed E-state index contributed by atoms with van der Waals surface area (Å²) < 4.78 is 17.8. The first-order chi connectivity index (χ1) is 12.3. The topological polar surface area (TPSA) is 30.9 Å². The van der Waals surface area contributed by atoms with Crippen LogP contribution in [0.15, 0.2) is 30.3 Å². The van der Waals surface area contributed by atoms with Gasteiger partial charge in [-0.2, -0.15) is 0 Å². The Balaban J connectivity index is 1.20. The van der Waals surface area contributed by atoms with Crippen molar-refractivity contribution in [1.82, 2.24) is 4.90 Å². The van der Waals surface area contributed by atoms with Crippen molar-refractivity contribution in [2.24, 2.45) is 5.92 Å². The number of benzene rings is 1. The Morgan fingerprint density at radius 3 is 2.60 bits per heavy atom. The normalized spacial score (nSPS) is 27.8. The van der Waals surface area contributed by atoms with Crippen LogP contribution in [0.5, 0.6) is 0 Å². The molecule has 1 aromatic rings. The maximum Gasteiger partial charge on any atom is 0.0840 e. The minimum Gasteiger partial charge on any atom is -0.381 e. The van der Waals surface area contributed by atoms with E-state index in [2.05, 4.69) is 29.2 Å². The highest BCUT2D eigenvalue weighted by Crippen LogP contribution is 2.37. The lowest BCUT2D eigenvalue weighted by Crippen LogP contribution is -2.46. The summed E-state index contributed by atoms with van der Waals surface area (Å²) in [5.41, 5.74) is 1.32. The molecule has 25 heavy (non-hydrogen) atoms. The number of likely N-dealkylation sites (tertiary alicyclic amines) is 1. The molecule has 0 unspecified atom stereocenters. The first kappa shape index (κ1) is 17.5. The molecule has 3 aliphatic rings. The van der Waals surface area contributed by atoms with E-state index in [4.69, 9.17) is 14.2 Å². The summed E-state index contributed by atoms with van der Waals surface area (Å²) in [6.07, 6.45) is 6.08. The van der Waals surface area contributed by atoms with E-state index in [9.17, 15) is 0 Å². The lowest BCUT2D eigenvalue weighted by atomic mass is 9.87. The summed E-state index contributed by atoms with van der Waals surface area (Å²) in [6.45, 7) is 6.94. The zero-order chi connectivity index (χ0) is 17.0. The van der Waals surface area contributed by atoms with E-state index >= 15 is 0 Å². The zero-order valence-corrected chi connectivity index (χ0v) is 15.2. The standard InChI is InChI=1S/C21H31NO3/c1-2-4-19(5-3-1)16-24-20-14-21(25-17-20)8-10-22(11-9-21)15-18-6-12-23-13-7-18/h1-5,18,20H,6-17H2/t20-/m1/s1. The summed E-state index contributed by atoms with van der Waals surface area (Å²) in [5, 5.41) is 0. The molecule has 0 N–H and O–H groups in total. The van der Waals surface area contributed by atoms with Gasteiger partial charge < -0.3 is 19.1 Å². The molecule has 3 fully saturated rings. The molecule has 3 heterocycles. The Hall–Kier alpha value is -0.940. The van der Waals surface area contributed by atoms with Gasteiger partial charge in [0.2, 0.25) is 0 Å². The van der Waals surface area contributed by atoms with Gasteiger partial charge in [0.25, 0.3) is 0 Å². The van der Waals surface area contributed by atoms with Crippen molar-refractivity contribution in [1.29, 1.82) is 0 Å². The monoisotopic (exact) mass is 345 g/mol. The highest BCUT2D eigenvalue weighted by atomic mass is 16.6. The Morgan fingerprint density at radius 2 is 1.84 bits per heavy atom. The zero-order valence-electron chi connectivity index (χ0n) is 15.2. The predicted molar refractivity (Wildman–Crippen MR) is 97.5 cm³/mol. The van der Waals surface area contributed by atoms with Crippen molar-refractivity contribution >= 4 is 0 Å². The molecule has 0 bridgehead atoms. The summed E-state index contributed by atoms with van der Waals surface area (Å²) in [7, 11) is 0. The molecule has 1 aromatic carbocycles. The molecule has 0 amide bonds. The molecule has 138 valence electrons. The maximum atomic E-state index is 6.25. The second-order valence-electron chi connectivity index (χ2n) is 7.97. The van der Waals surface area contributed by atoms with Gasteiger partial charge in [-0.05, 0) is 37.2 Å². The highest BCUT2D eigenvalue weighted by molar-refractivity contribution is 5.13. The Morgan fingerprint density at radius 1 is 1.08 bits per heavy atom. The minimum atomic E-state index is 0.0769. The van der Waals surface area contributed by atoms with Gasteiger partial charge in [0, 0.05) is 39.3 Å². The summed E-state index contributed by atoms with van der Waals surface area (Å²) in [4.78, 5) is 2.64. The molecule has 3 saturated heterocycles. The van der Waals surface area contributed by atoms with Crippen molar-refractivity contribution in [2.75, 3.05) is 39.5 Å². The maximum absolute atomic E-state index is 6.25. The minimum absolute atomic E-state index is 0.0769. The lowest BCUT2D eigenvalue weighted by Gasteiger charge is -2.40. The molecule has 0 radical (unpaired) electrons. The largest absolute Gasteiger partial charge is 0.381 e. The van der Waals surface area contributed by atoms with Gasteiger partial charge in [0.05, 0.1) is 24.9 Å². The van der Waals surface area contributed by atoms with Gasteiger partial charge in [-0.1, -0.05) is 30.3 Å². The van der Waals surface area contributed by atoms with E-state index in [1.807, 2.05) is 6.07 Å². The van der Waals surface area contributed by atoms with Crippen LogP contribution in [0.2, 0.25) is 0 Å². The first-order valence-electron chi connectivity index (χ1n) is 9.91. The fraction of sp³-hybridized carbons (Fsp3) is 0.714. The Kier molecular flexibility index (Phi) is 5.71. The Bertz CT molecular complexity index is 521. The molecule has 4 nitrogen and oxygen atoms in total. The van der Waals surface area contributed by atoms with Crippen LogP contribution in [0.1, 0.15) is 37.7 Å². The third-order valence-corrected chi connectivity index (χ3v) is 6.13. The molecule has 0 saturated carbocycles. The molecule has 1 atom stereocenters. The molecular formula is C21H31NO3. The van der Waals surface area contributed by atoms with Crippen LogP contribution in [-0.2, 0) is 20.8 Å². The molecule has 0 aromatic heterocycles. The van der Waals surface area contributed by atoms with Crippen LogP contribution in [0.3, 0.4) is 0 Å². The number of nitrogens with zero attached hydrogens (tertiary/aromatic N) is 1. The van der Waals surface area contributed by atoms with Gasteiger partial charge >= 0.3 is 0 Å². The van der Waals surface area contributed by atoms with Crippen molar-refractivity contribution in [2.45, 2.75) is 50.4 Å². The van der Waals surface area contributed by atoms with Crippen molar-refractivity contribution in [3.05, 3.63) is 35.9 Å². The van der Waals surface area contributed by atoms with Crippen molar-refractivity contribution < 1.29 is 14.2 Å². The van der Waals surface area contributed by atoms with Gasteiger partial charge in [-0.25, -0.2) is 0 Å². The number of hydrogen-bond acceptors (Lipinski definition) is 4. The number of rotatable bonds is 5. The Labute approximate surface area is 151 Å². The average Bonchev–Trinajstić information content (AvgIpc) is 3.07. The lowest BCUT2D eigenvalue weighted by molar-refractivity contribution is -0.0503. The SMILES string of the molecule is c1ccc(CO[C@H]2COC3(CCN(CC4CCOCC4)CC3)C2)cc1. The second-order valence-corrected chi connectivity index (χ2v) is 7.97. The molecular weight excluding hydrogens is 314 g/mol. The van der Waals surface area contributed by atoms with Crippen molar-refractivity contribution in [3.63, 3.8) is 0 Å². The molecule has 1 spiro atoms. The molecule has 0 aliphatic carbocycles. The van der Waals surface area contributed by atoms with E-state index in [-0.39, 0.29) is 11.7 Å². The van der Waals surface area contributed by atoms with Crippen LogP contribution >= 0.6 is 0 Å². The third-order valence-electron chi connectivity index (χ3n) is 6.13. The number of ether oxygens (including phenoxy) is 3. The van der Waals surface area contributed by atoms with E-state index in [1.165, 1.54) is 38.0 Å². The summed E-state index contributed by atoms with van der Waals surface area (Å²) in [6, 6.07) is 10.4. The quantitative estimate of drug-likeness (QED) is 0.820.